The van der Waals surface area contributed by atoms with E-state index in [4.69, 9.17) is 22.1 Å². The molecule has 3 nitrogen and oxygen atoms in total. The van der Waals surface area contributed by atoms with E-state index in [1.54, 1.807) is 12.1 Å². The van der Waals surface area contributed by atoms with Gasteiger partial charge in [-0.25, -0.2) is 4.39 Å². The van der Waals surface area contributed by atoms with Crippen LogP contribution in [0.4, 0.5) is 4.39 Å². The normalized spacial score (nSPS) is 23.0. The van der Waals surface area contributed by atoms with Crippen molar-refractivity contribution in [2.75, 3.05) is 26.3 Å². The summed E-state index contributed by atoms with van der Waals surface area (Å²) in [5.41, 5.74) is 6.32. The molecule has 2 atom stereocenters. The molecule has 0 aromatic heterocycles. The Labute approximate surface area is 112 Å². The molecule has 1 heterocycles. The van der Waals surface area contributed by atoms with Gasteiger partial charge in [0.15, 0.2) is 0 Å². The fraction of sp³-hybridized carbons (Fsp3) is 0.538. The molecule has 1 saturated heterocycles. The third kappa shape index (κ3) is 2.67. The van der Waals surface area contributed by atoms with E-state index >= 15 is 0 Å². The minimum atomic E-state index is -0.295. The largest absolute Gasteiger partial charge is 0.379 e. The average Bonchev–Trinajstić information content (AvgIpc) is 2.35. The summed E-state index contributed by atoms with van der Waals surface area (Å²) in [6.45, 7) is 4.42. The highest BCUT2D eigenvalue weighted by atomic mass is 35.5. The van der Waals surface area contributed by atoms with Crippen LogP contribution in [-0.4, -0.2) is 37.2 Å². The van der Waals surface area contributed by atoms with Gasteiger partial charge in [-0.05, 0) is 19.1 Å². The molecule has 1 aliphatic rings. The van der Waals surface area contributed by atoms with Gasteiger partial charge in [-0.2, -0.15) is 0 Å². The van der Waals surface area contributed by atoms with Gasteiger partial charge in [-0.1, -0.05) is 17.7 Å². The molecule has 5 heteroatoms. The van der Waals surface area contributed by atoms with Gasteiger partial charge in [-0.15, -0.1) is 0 Å². The van der Waals surface area contributed by atoms with E-state index in [-0.39, 0.29) is 17.9 Å². The van der Waals surface area contributed by atoms with Crippen molar-refractivity contribution in [3.05, 3.63) is 34.6 Å². The van der Waals surface area contributed by atoms with E-state index in [9.17, 15) is 4.39 Å². The Hall–Kier alpha value is -0.680. The number of hydrogen-bond acceptors (Lipinski definition) is 3. The van der Waals surface area contributed by atoms with Crippen molar-refractivity contribution < 1.29 is 9.13 Å². The van der Waals surface area contributed by atoms with E-state index in [1.807, 2.05) is 0 Å². The Balaban J connectivity index is 2.32. The van der Waals surface area contributed by atoms with Gasteiger partial charge >= 0.3 is 0 Å². The fourth-order valence-electron chi connectivity index (χ4n) is 2.45. The molecule has 2 unspecified atom stereocenters. The zero-order valence-electron chi connectivity index (χ0n) is 10.4. The molecule has 1 aliphatic heterocycles. The second-order valence-electron chi connectivity index (χ2n) is 4.55. The van der Waals surface area contributed by atoms with Crippen LogP contribution < -0.4 is 5.73 Å². The predicted octanol–water partition coefficient (Wildman–Crippen LogP) is 2.20. The third-order valence-corrected chi connectivity index (χ3v) is 3.71. The lowest BCUT2D eigenvalue weighted by Gasteiger charge is -2.39. The first kappa shape index (κ1) is 13.7. The third-order valence-electron chi connectivity index (χ3n) is 3.38. The molecule has 0 saturated carbocycles. The van der Waals surface area contributed by atoms with Crippen molar-refractivity contribution in [1.82, 2.24) is 4.90 Å². The second-order valence-corrected chi connectivity index (χ2v) is 4.96. The number of halogens is 2. The van der Waals surface area contributed by atoms with E-state index in [0.717, 1.165) is 6.54 Å². The lowest BCUT2D eigenvalue weighted by molar-refractivity contribution is -0.0215. The van der Waals surface area contributed by atoms with Gasteiger partial charge in [0, 0.05) is 29.7 Å². The summed E-state index contributed by atoms with van der Waals surface area (Å²) in [6, 6.07) is 4.75. The number of nitrogens with two attached hydrogens (primary N) is 1. The standard InChI is InChI=1S/C13H18ClFN2O/c1-9-8-18-6-5-17(9)12(7-16)13-10(14)3-2-4-11(13)15/h2-4,9,12H,5-8,16H2,1H3. The first-order chi connectivity index (χ1) is 8.65. The van der Waals surface area contributed by atoms with Gasteiger partial charge in [0.05, 0.1) is 19.3 Å². The maximum Gasteiger partial charge on any atom is 0.129 e. The number of hydrogen-bond donors (Lipinski definition) is 1. The van der Waals surface area contributed by atoms with E-state index in [1.165, 1.54) is 6.07 Å². The summed E-state index contributed by atoms with van der Waals surface area (Å²) in [4.78, 5) is 2.16. The van der Waals surface area contributed by atoms with Gasteiger partial charge < -0.3 is 10.5 Å². The highest BCUT2D eigenvalue weighted by molar-refractivity contribution is 6.31. The van der Waals surface area contributed by atoms with Crippen LogP contribution in [0.15, 0.2) is 18.2 Å². The molecule has 1 fully saturated rings. The monoisotopic (exact) mass is 272 g/mol. The van der Waals surface area contributed by atoms with Crippen LogP contribution in [0.5, 0.6) is 0 Å². The van der Waals surface area contributed by atoms with E-state index < -0.39 is 0 Å². The van der Waals surface area contributed by atoms with Crippen molar-refractivity contribution in [2.24, 2.45) is 5.73 Å². The molecular formula is C13H18ClFN2O. The van der Waals surface area contributed by atoms with Crippen molar-refractivity contribution >= 4 is 11.6 Å². The van der Waals surface area contributed by atoms with Crippen molar-refractivity contribution in [3.8, 4) is 0 Å². The van der Waals surface area contributed by atoms with Gasteiger partial charge in [0.25, 0.3) is 0 Å². The zero-order chi connectivity index (χ0) is 13.1. The lowest BCUT2D eigenvalue weighted by atomic mass is 10.0. The minimum absolute atomic E-state index is 0.197. The Morgan fingerprint density at radius 3 is 3.00 bits per heavy atom. The summed E-state index contributed by atoms with van der Waals surface area (Å²) in [5, 5.41) is 0.434. The molecule has 1 aromatic rings. The molecule has 2 rings (SSSR count). The number of morpholine rings is 1. The van der Waals surface area contributed by atoms with Crippen LogP contribution in [0.25, 0.3) is 0 Å². The maximum absolute atomic E-state index is 14.0. The van der Waals surface area contributed by atoms with Crippen LogP contribution in [0, 0.1) is 5.82 Å². The number of rotatable bonds is 3. The van der Waals surface area contributed by atoms with Crippen molar-refractivity contribution in [3.63, 3.8) is 0 Å². The summed E-state index contributed by atoms with van der Waals surface area (Å²) in [7, 11) is 0. The molecule has 18 heavy (non-hydrogen) atoms. The molecule has 1 aromatic carbocycles. The number of benzene rings is 1. The van der Waals surface area contributed by atoms with Crippen LogP contribution in [-0.2, 0) is 4.74 Å². The Morgan fingerprint density at radius 1 is 1.61 bits per heavy atom. The van der Waals surface area contributed by atoms with Gasteiger partial charge in [-0.3, -0.25) is 4.90 Å². The van der Waals surface area contributed by atoms with Crippen molar-refractivity contribution in [2.45, 2.75) is 19.0 Å². The van der Waals surface area contributed by atoms with Gasteiger partial charge in [0.1, 0.15) is 5.82 Å². The summed E-state index contributed by atoms with van der Waals surface area (Å²) in [6.07, 6.45) is 0. The summed E-state index contributed by atoms with van der Waals surface area (Å²) < 4.78 is 19.4. The van der Waals surface area contributed by atoms with Crippen LogP contribution in [0.1, 0.15) is 18.5 Å². The predicted molar refractivity (Wildman–Crippen MR) is 70.2 cm³/mol. The Kier molecular flexibility index (Phi) is 4.56. The van der Waals surface area contributed by atoms with Gasteiger partial charge in [0.2, 0.25) is 0 Å². The maximum atomic E-state index is 14.0. The molecule has 0 aliphatic carbocycles. The second kappa shape index (κ2) is 5.97. The molecular weight excluding hydrogens is 255 g/mol. The number of ether oxygens (including phenoxy) is 1. The SMILES string of the molecule is CC1COCCN1C(CN)c1c(F)cccc1Cl. The first-order valence-corrected chi connectivity index (χ1v) is 6.50. The molecule has 0 radical (unpaired) electrons. The van der Waals surface area contributed by atoms with Crippen LogP contribution in [0.3, 0.4) is 0 Å². The topological polar surface area (TPSA) is 38.5 Å². The summed E-state index contributed by atoms with van der Waals surface area (Å²) in [5.74, 6) is -0.295. The quantitative estimate of drug-likeness (QED) is 0.917. The molecule has 100 valence electrons. The first-order valence-electron chi connectivity index (χ1n) is 6.12. The fourth-order valence-corrected chi connectivity index (χ4v) is 2.74. The highest BCUT2D eigenvalue weighted by Gasteiger charge is 2.29. The molecule has 0 bridgehead atoms. The van der Waals surface area contributed by atoms with Crippen LogP contribution >= 0.6 is 11.6 Å². The molecule has 0 amide bonds. The minimum Gasteiger partial charge on any atom is -0.379 e. The van der Waals surface area contributed by atoms with E-state index in [2.05, 4.69) is 11.8 Å². The molecule has 2 N–H and O–H groups in total. The Bertz CT molecular complexity index is 396. The zero-order valence-corrected chi connectivity index (χ0v) is 11.2. The van der Waals surface area contributed by atoms with Crippen LogP contribution in [0.2, 0.25) is 5.02 Å². The molecule has 0 spiro atoms. The van der Waals surface area contributed by atoms with E-state index in [0.29, 0.717) is 30.3 Å². The number of nitrogens with zero attached hydrogens (tertiary/aromatic N) is 1. The summed E-state index contributed by atoms with van der Waals surface area (Å²) >= 11 is 6.12. The smallest absolute Gasteiger partial charge is 0.129 e. The average molecular weight is 273 g/mol. The van der Waals surface area contributed by atoms with Crippen molar-refractivity contribution in [1.29, 1.82) is 0 Å². The lowest BCUT2D eigenvalue weighted by Crippen LogP contribution is -2.47. The Morgan fingerprint density at radius 2 is 2.39 bits per heavy atom. The highest BCUT2D eigenvalue weighted by Crippen LogP contribution is 2.31.